The zero-order chi connectivity index (χ0) is 37.7. The van der Waals surface area contributed by atoms with E-state index in [0.717, 1.165) is 85.4 Å². The number of allylic oxidation sites excluding steroid dienone is 1. The maximum atomic E-state index is 6.53. The van der Waals surface area contributed by atoms with Crippen LogP contribution in [0.25, 0.3) is 83.5 Å². The van der Waals surface area contributed by atoms with Gasteiger partial charge in [0.15, 0.2) is 0 Å². The van der Waals surface area contributed by atoms with E-state index in [2.05, 4.69) is 193 Å². The Labute approximate surface area is 331 Å². The molecule has 57 heavy (non-hydrogen) atoms. The minimum Gasteiger partial charge on any atom is -0.456 e. The first-order valence-electron chi connectivity index (χ1n) is 19.6. The van der Waals surface area contributed by atoms with Gasteiger partial charge in [0.2, 0.25) is 0 Å². The van der Waals surface area contributed by atoms with Gasteiger partial charge in [0.1, 0.15) is 22.5 Å². The summed E-state index contributed by atoms with van der Waals surface area (Å²) in [7, 11) is 0. The maximum Gasteiger partial charge on any atom is 0.143 e. The molecule has 10 aromatic rings. The maximum absolute atomic E-state index is 6.53. The van der Waals surface area contributed by atoms with E-state index in [9.17, 15) is 0 Å². The molecule has 0 unspecified atom stereocenters. The van der Waals surface area contributed by atoms with Crippen molar-refractivity contribution in [3.8, 4) is 44.5 Å². The average Bonchev–Trinajstić information content (AvgIpc) is 3.86. The molecule has 0 radical (unpaired) electrons. The zero-order valence-corrected chi connectivity index (χ0v) is 31.2. The van der Waals surface area contributed by atoms with Crippen molar-refractivity contribution in [2.45, 2.75) is 12.8 Å². The number of fused-ring (bicyclic) bond motifs is 6. The molecule has 2 aromatic heterocycles. The van der Waals surface area contributed by atoms with Crippen molar-refractivity contribution in [2.24, 2.45) is 0 Å². The number of benzene rings is 8. The van der Waals surface area contributed by atoms with Crippen molar-refractivity contribution in [3.63, 3.8) is 0 Å². The summed E-state index contributed by atoms with van der Waals surface area (Å²) in [6, 6.07) is 67.1. The zero-order valence-electron chi connectivity index (χ0n) is 31.2. The molecular formula is C54H37NO2. The third-order valence-corrected chi connectivity index (χ3v) is 11.4. The van der Waals surface area contributed by atoms with Crippen molar-refractivity contribution in [1.82, 2.24) is 0 Å². The fourth-order valence-electron chi connectivity index (χ4n) is 8.54. The van der Waals surface area contributed by atoms with Gasteiger partial charge in [-0.25, -0.2) is 0 Å². The Morgan fingerprint density at radius 1 is 0.386 bits per heavy atom. The molecule has 0 saturated heterocycles. The van der Waals surface area contributed by atoms with Gasteiger partial charge in [0, 0.05) is 49.9 Å². The van der Waals surface area contributed by atoms with E-state index in [1.807, 2.05) is 12.1 Å². The largest absolute Gasteiger partial charge is 0.456 e. The van der Waals surface area contributed by atoms with E-state index in [4.69, 9.17) is 8.83 Å². The lowest BCUT2D eigenvalue weighted by Gasteiger charge is -2.26. The first-order chi connectivity index (χ1) is 28.2. The van der Waals surface area contributed by atoms with Gasteiger partial charge < -0.3 is 13.7 Å². The van der Waals surface area contributed by atoms with Gasteiger partial charge in [0.05, 0.1) is 0 Å². The molecular weight excluding hydrogens is 695 g/mol. The Bertz CT molecular complexity index is 3090. The molecule has 3 nitrogen and oxygen atoms in total. The van der Waals surface area contributed by atoms with Crippen molar-refractivity contribution in [3.05, 3.63) is 205 Å². The molecule has 0 amide bonds. The number of hydrogen-bond donors (Lipinski definition) is 0. The van der Waals surface area contributed by atoms with Crippen LogP contribution in [0.4, 0.5) is 17.1 Å². The van der Waals surface area contributed by atoms with Crippen LogP contribution in [0.3, 0.4) is 0 Å². The number of para-hydroxylation sites is 3. The van der Waals surface area contributed by atoms with E-state index in [-0.39, 0.29) is 0 Å². The summed E-state index contributed by atoms with van der Waals surface area (Å²) in [6.45, 7) is 0. The number of hydrogen-bond acceptors (Lipinski definition) is 3. The number of nitrogens with zero attached hydrogens (tertiary/aromatic N) is 1. The molecule has 0 aliphatic heterocycles. The summed E-state index contributed by atoms with van der Waals surface area (Å²) in [5, 5.41) is 3.47. The lowest BCUT2D eigenvalue weighted by Crippen LogP contribution is -2.10. The number of furan rings is 2. The molecule has 2 heterocycles. The Morgan fingerprint density at radius 3 is 1.67 bits per heavy atom. The summed E-state index contributed by atoms with van der Waals surface area (Å²) in [5.74, 6) is 0.981. The summed E-state index contributed by atoms with van der Waals surface area (Å²) in [6.07, 6.45) is 6.38. The standard InChI is InChI=1S/C54H37NO2/c1-2-11-36(12-3-1)37-23-25-38(26-24-37)39-27-31-42(32-28-39)55(43-33-29-40(30-34-43)45-17-9-19-49-47-15-4-6-21-51(47)56-53(45)49)44-14-8-13-41(35-44)46-18-10-20-50-48-16-5-7-22-52(48)57-54(46)50/h1-4,6-15,17-35H,5,16H2. The smallest absolute Gasteiger partial charge is 0.143 e. The van der Waals surface area contributed by atoms with Crippen LogP contribution in [-0.4, -0.2) is 0 Å². The molecule has 0 saturated carbocycles. The first-order valence-corrected chi connectivity index (χ1v) is 19.6. The average molecular weight is 732 g/mol. The highest BCUT2D eigenvalue weighted by Gasteiger charge is 2.20. The summed E-state index contributed by atoms with van der Waals surface area (Å²) in [5.41, 5.74) is 16.4. The van der Waals surface area contributed by atoms with E-state index >= 15 is 0 Å². The predicted molar refractivity (Wildman–Crippen MR) is 237 cm³/mol. The van der Waals surface area contributed by atoms with Crippen LogP contribution in [-0.2, 0) is 6.42 Å². The van der Waals surface area contributed by atoms with Gasteiger partial charge in [-0.15, -0.1) is 0 Å². The van der Waals surface area contributed by atoms with Gasteiger partial charge in [-0.1, -0.05) is 152 Å². The molecule has 270 valence electrons. The molecule has 0 bridgehead atoms. The van der Waals surface area contributed by atoms with Crippen LogP contribution in [0, 0.1) is 0 Å². The molecule has 3 heteroatoms. The molecule has 8 aromatic carbocycles. The van der Waals surface area contributed by atoms with Gasteiger partial charge in [-0.2, -0.15) is 0 Å². The fourth-order valence-corrected chi connectivity index (χ4v) is 8.54. The molecule has 11 rings (SSSR count). The molecule has 1 aliphatic carbocycles. The van der Waals surface area contributed by atoms with Gasteiger partial charge >= 0.3 is 0 Å². The summed E-state index contributed by atoms with van der Waals surface area (Å²) < 4.78 is 13.0. The van der Waals surface area contributed by atoms with Crippen molar-refractivity contribution in [1.29, 1.82) is 0 Å². The molecule has 0 spiro atoms. The van der Waals surface area contributed by atoms with Crippen LogP contribution in [0.2, 0.25) is 0 Å². The van der Waals surface area contributed by atoms with E-state index in [1.54, 1.807) is 0 Å². The number of rotatable bonds is 7. The van der Waals surface area contributed by atoms with E-state index in [1.165, 1.54) is 33.2 Å². The van der Waals surface area contributed by atoms with Gasteiger partial charge in [0.25, 0.3) is 0 Å². The molecule has 0 N–H and O–H groups in total. The fraction of sp³-hybridized carbons (Fsp3) is 0.0370. The molecule has 1 aliphatic rings. The second-order valence-corrected chi connectivity index (χ2v) is 14.8. The van der Waals surface area contributed by atoms with Crippen LogP contribution in [0.1, 0.15) is 17.7 Å². The monoisotopic (exact) mass is 731 g/mol. The van der Waals surface area contributed by atoms with Gasteiger partial charge in [-0.05, 0) is 94.8 Å². The SMILES string of the molecule is C1=Cc2oc3c(-c4cccc(N(c5ccc(-c6ccc(-c7ccccc7)cc6)cc5)c5ccc(-c6cccc7c6oc6ccccc67)cc5)c4)cccc3c2CC1. The molecule has 0 atom stereocenters. The van der Waals surface area contributed by atoms with Crippen LogP contribution >= 0.6 is 0 Å². The van der Waals surface area contributed by atoms with Crippen molar-refractivity contribution >= 4 is 56.0 Å². The normalized spacial score (nSPS) is 12.4. The predicted octanol–water partition coefficient (Wildman–Crippen LogP) is 15.4. The van der Waals surface area contributed by atoms with Crippen LogP contribution in [0.5, 0.6) is 0 Å². The second kappa shape index (κ2) is 13.7. The van der Waals surface area contributed by atoms with Crippen LogP contribution in [0.15, 0.2) is 203 Å². The minimum atomic E-state index is 0.903. The van der Waals surface area contributed by atoms with E-state index in [0.29, 0.717) is 0 Å². The highest BCUT2D eigenvalue weighted by molar-refractivity contribution is 6.09. The third kappa shape index (κ3) is 5.84. The Kier molecular flexibility index (Phi) is 7.96. The Balaban J connectivity index is 0.996. The van der Waals surface area contributed by atoms with E-state index < -0.39 is 0 Å². The Hall–Kier alpha value is -7.36. The highest BCUT2D eigenvalue weighted by atomic mass is 16.3. The van der Waals surface area contributed by atoms with Gasteiger partial charge in [-0.3, -0.25) is 0 Å². The first kappa shape index (κ1) is 33.0. The lowest BCUT2D eigenvalue weighted by atomic mass is 9.97. The molecule has 0 fully saturated rings. The third-order valence-electron chi connectivity index (χ3n) is 11.4. The Morgan fingerprint density at radius 2 is 0.930 bits per heavy atom. The van der Waals surface area contributed by atoms with Crippen LogP contribution < -0.4 is 4.90 Å². The minimum absolute atomic E-state index is 0.903. The highest BCUT2D eigenvalue weighted by Crippen LogP contribution is 2.42. The quantitative estimate of drug-likeness (QED) is 0.163. The number of anilines is 3. The lowest BCUT2D eigenvalue weighted by molar-refractivity contribution is 0.596. The topological polar surface area (TPSA) is 29.5 Å². The van der Waals surface area contributed by atoms with Crippen molar-refractivity contribution in [2.75, 3.05) is 4.90 Å². The summed E-state index contributed by atoms with van der Waals surface area (Å²) in [4.78, 5) is 2.34. The van der Waals surface area contributed by atoms with Crippen molar-refractivity contribution < 1.29 is 8.83 Å². The number of aryl methyl sites for hydroxylation is 1. The summed E-state index contributed by atoms with van der Waals surface area (Å²) >= 11 is 0. The second-order valence-electron chi connectivity index (χ2n) is 14.8.